The van der Waals surface area contributed by atoms with E-state index in [1.165, 1.54) is 11.1 Å². The van der Waals surface area contributed by atoms with E-state index in [1.807, 2.05) is 12.1 Å². The van der Waals surface area contributed by atoms with Crippen LogP contribution in [-0.4, -0.2) is 24.4 Å². The van der Waals surface area contributed by atoms with Gasteiger partial charge in [-0.3, -0.25) is 0 Å². The van der Waals surface area contributed by atoms with Crippen LogP contribution in [-0.2, 0) is 11.2 Å². The van der Waals surface area contributed by atoms with Crippen LogP contribution in [0, 0.1) is 6.92 Å². The van der Waals surface area contributed by atoms with E-state index in [-0.39, 0.29) is 0 Å². The molecular weight excluding hydrogens is 188 g/mol. The Morgan fingerprint density at radius 3 is 2.73 bits per heavy atom. The van der Waals surface area contributed by atoms with Crippen molar-refractivity contribution < 1.29 is 9.84 Å². The van der Waals surface area contributed by atoms with Gasteiger partial charge < -0.3 is 9.84 Å². The highest BCUT2D eigenvalue weighted by atomic mass is 16.5. The van der Waals surface area contributed by atoms with Crippen molar-refractivity contribution in [2.45, 2.75) is 32.8 Å². The van der Waals surface area contributed by atoms with E-state index in [0.29, 0.717) is 13.0 Å². The molecule has 1 N–H and O–H groups in total. The number of aliphatic hydroxyl groups is 1. The molecule has 0 bridgehead atoms. The van der Waals surface area contributed by atoms with Gasteiger partial charge in [-0.25, -0.2) is 0 Å². The zero-order valence-corrected chi connectivity index (χ0v) is 9.57. The molecule has 0 saturated heterocycles. The van der Waals surface area contributed by atoms with Gasteiger partial charge in [-0.15, -0.1) is 0 Å². The van der Waals surface area contributed by atoms with Crippen LogP contribution in [0.2, 0.25) is 0 Å². The van der Waals surface area contributed by atoms with Gasteiger partial charge in [0.25, 0.3) is 0 Å². The molecular formula is C13H20O2. The number of rotatable bonds is 6. The van der Waals surface area contributed by atoms with Crippen LogP contribution in [0.15, 0.2) is 24.3 Å². The Labute approximate surface area is 91.9 Å². The second-order valence-corrected chi connectivity index (χ2v) is 3.86. The first-order valence-electron chi connectivity index (χ1n) is 5.54. The minimum Gasteiger partial charge on any atom is -0.390 e. The monoisotopic (exact) mass is 208 g/mol. The molecule has 0 aliphatic heterocycles. The molecule has 0 amide bonds. The maximum absolute atomic E-state index is 9.73. The molecule has 0 aliphatic carbocycles. The third kappa shape index (κ3) is 4.45. The Morgan fingerprint density at radius 2 is 2.07 bits per heavy atom. The third-order valence-electron chi connectivity index (χ3n) is 2.38. The quantitative estimate of drug-likeness (QED) is 0.727. The lowest BCUT2D eigenvalue weighted by Gasteiger charge is -2.12. The highest BCUT2D eigenvalue weighted by Crippen LogP contribution is 2.09. The summed E-state index contributed by atoms with van der Waals surface area (Å²) in [7, 11) is 0. The molecule has 0 aliphatic rings. The molecule has 0 saturated carbocycles. The van der Waals surface area contributed by atoms with Gasteiger partial charge in [-0.1, -0.05) is 31.2 Å². The first kappa shape index (κ1) is 12.2. The molecule has 0 spiro atoms. The summed E-state index contributed by atoms with van der Waals surface area (Å²) < 4.78 is 5.31. The molecule has 1 unspecified atom stereocenters. The van der Waals surface area contributed by atoms with Gasteiger partial charge in [-0.2, -0.15) is 0 Å². The van der Waals surface area contributed by atoms with Crippen LogP contribution >= 0.6 is 0 Å². The van der Waals surface area contributed by atoms with E-state index in [0.717, 1.165) is 13.0 Å². The number of aliphatic hydroxyl groups excluding tert-OH is 1. The average Bonchev–Trinajstić information content (AvgIpc) is 2.22. The summed E-state index contributed by atoms with van der Waals surface area (Å²) in [5, 5.41) is 9.73. The molecule has 0 aromatic heterocycles. The lowest BCUT2D eigenvalue weighted by Crippen LogP contribution is -2.18. The summed E-state index contributed by atoms with van der Waals surface area (Å²) >= 11 is 0. The van der Waals surface area contributed by atoms with Crippen molar-refractivity contribution in [3.63, 3.8) is 0 Å². The highest BCUT2D eigenvalue weighted by Gasteiger charge is 2.06. The summed E-state index contributed by atoms with van der Waals surface area (Å²) in [5.41, 5.74) is 2.43. The Balaban J connectivity index is 2.37. The normalized spacial score (nSPS) is 12.7. The standard InChI is InChI=1S/C13H20O2/c1-3-8-15-10-13(14)9-12-7-5-4-6-11(12)2/h4-7,13-14H,3,8-10H2,1-2H3. The largest absolute Gasteiger partial charge is 0.390 e. The number of aryl methyl sites for hydroxylation is 1. The minimum atomic E-state index is -0.391. The molecule has 0 heterocycles. The fraction of sp³-hybridized carbons (Fsp3) is 0.538. The van der Waals surface area contributed by atoms with Gasteiger partial charge in [0, 0.05) is 13.0 Å². The molecule has 0 fully saturated rings. The lowest BCUT2D eigenvalue weighted by atomic mass is 10.0. The zero-order valence-electron chi connectivity index (χ0n) is 9.57. The van der Waals surface area contributed by atoms with Crippen LogP contribution in [0.25, 0.3) is 0 Å². The third-order valence-corrected chi connectivity index (χ3v) is 2.38. The molecule has 2 nitrogen and oxygen atoms in total. The molecule has 1 aromatic rings. The first-order valence-corrected chi connectivity index (χ1v) is 5.54. The summed E-state index contributed by atoms with van der Waals surface area (Å²) in [6.45, 7) is 5.29. The van der Waals surface area contributed by atoms with Crippen LogP contribution in [0.5, 0.6) is 0 Å². The van der Waals surface area contributed by atoms with Crippen molar-refractivity contribution in [2.24, 2.45) is 0 Å². The van der Waals surface area contributed by atoms with Gasteiger partial charge in [-0.05, 0) is 24.5 Å². The Kier molecular flexibility index (Phi) is 5.37. The fourth-order valence-corrected chi connectivity index (χ4v) is 1.52. The molecule has 2 heteroatoms. The van der Waals surface area contributed by atoms with Crippen molar-refractivity contribution in [3.8, 4) is 0 Å². The van der Waals surface area contributed by atoms with Crippen molar-refractivity contribution in [1.82, 2.24) is 0 Å². The van der Waals surface area contributed by atoms with E-state index in [4.69, 9.17) is 4.74 Å². The maximum atomic E-state index is 9.73. The number of hydrogen-bond donors (Lipinski definition) is 1. The molecule has 84 valence electrons. The van der Waals surface area contributed by atoms with E-state index < -0.39 is 6.10 Å². The SMILES string of the molecule is CCCOCC(O)Cc1ccccc1C. The predicted octanol–water partition coefficient (Wildman–Crippen LogP) is 2.33. The van der Waals surface area contributed by atoms with Gasteiger partial charge in [0.15, 0.2) is 0 Å². The van der Waals surface area contributed by atoms with E-state index in [9.17, 15) is 5.11 Å². The predicted molar refractivity (Wildman–Crippen MR) is 62.0 cm³/mol. The van der Waals surface area contributed by atoms with E-state index >= 15 is 0 Å². The summed E-state index contributed by atoms with van der Waals surface area (Å²) in [4.78, 5) is 0. The maximum Gasteiger partial charge on any atom is 0.0813 e. The molecule has 1 aromatic carbocycles. The lowest BCUT2D eigenvalue weighted by molar-refractivity contribution is 0.0373. The molecule has 15 heavy (non-hydrogen) atoms. The molecule has 0 radical (unpaired) electrons. The topological polar surface area (TPSA) is 29.5 Å². The van der Waals surface area contributed by atoms with Gasteiger partial charge in [0.1, 0.15) is 0 Å². The van der Waals surface area contributed by atoms with Crippen molar-refractivity contribution in [3.05, 3.63) is 35.4 Å². The summed E-state index contributed by atoms with van der Waals surface area (Å²) in [6, 6.07) is 8.13. The highest BCUT2D eigenvalue weighted by molar-refractivity contribution is 5.26. The van der Waals surface area contributed by atoms with Crippen LogP contribution in [0.3, 0.4) is 0 Å². The van der Waals surface area contributed by atoms with Gasteiger partial charge >= 0.3 is 0 Å². The van der Waals surface area contributed by atoms with E-state index in [1.54, 1.807) is 0 Å². The van der Waals surface area contributed by atoms with Crippen LogP contribution in [0.1, 0.15) is 24.5 Å². The average molecular weight is 208 g/mol. The van der Waals surface area contributed by atoms with Crippen LogP contribution < -0.4 is 0 Å². The Hall–Kier alpha value is -0.860. The van der Waals surface area contributed by atoms with Crippen molar-refractivity contribution in [2.75, 3.05) is 13.2 Å². The summed E-state index contributed by atoms with van der Waals surface area (Å²) in [6.07, 6.45) is 1.28. The van der Waals surface area contributed by atoms with E-state index in [2.05, 4.69) is 26.0 Å². The number of benzene rings is 1. The second kappa shape index (κ2) is 6.59. The number of ether oxygens (including phenoxy) is 1. The second-order valence-electron chi connectivity index (χ2n) is 3.86. The Morgan fingerprint density at radius 1 is 1.33 bits per heavy atom. The molecule has 1 rings (SSSR count). The van der Waals surface area contributed by atoms with Gasteiger partial charge in [0.2, 0.25) is 0 Å². The van der Waals surface area contributed by atoms with Crippen molar-refractivity contribution >= 4 is 0 Å². The summed E-state index contributed by atoms with van der Waals surface area (Å²) in [5.74, 6) is 0. The van der Waals surface area contributed by atoms with Gasteiger partial charge in [0.05, 0.1) is 12.7 Å². The van der Waals surface area contributed by atoms with Crippen molar-refractivity contribution in [1.29, 1.82) is 0 Å². The smallest absolute Gasteiger partial charge is 0.0813 e. The van der Waals surface area contributed by atoms with Crippen LogP contribution in [0.4, 0.5) is 0 Å². The first-order chi connectivity index (χ1) is 7.24. The Bertz CT molecular complexity index is 284. The molecule has 1 atom stereocenters. The zero-order chi connectivity index (χ0) is 11.1. The number of hydrogen-bond acceptors (Lipinski definition) is 2. The fourth-order valence-electron chi connectivity index (χ4n) is 1.52. The minimum absolute atomic E-state index is 0.391.